The summed E-state index contributed by atoms with van der Waals surface area (Å²) in [6, 6.07) is 11.3. The number of ether oxygens (including phenoxy) is 1. The Balaban J connectivity index is 1.80. The summed E-state index contributed by atoms with van der Waals surface area (Å²) in [7, 11) is 0. The molecule has 1 aliphatic rings. The molecule has 1 amide bonds. The lowest BCUT2D eigenvalue weighted by atomic mass is 9.77. The van der Waals surface area contributed by atoms with E-state index in [1.807, 2.05) is 50.2 Å². The molecule has 0 aromatic heterocycles. The number of carbonyl (C=O) groups is 2. The van der Waals surface area contributed by atoms with E-state index in [9.17, 15) is 14.7 Å². The van der Waals surface area contributed by atoms with Crippen molar-refractivity contribution < 1.29 is 19.4 Å². The molecule has 174 valence electrons. The number of esters is 1. The minimum atomic E-state index is -0.320. The summed E-state index contributed by atoms with van der Waals surface area (Å²) >= 11 is 0. The summed E-state index contributed by atoms with van der Waals surface area (Å²) in [5, 5.41) is 14.7. The van der Waals surface area contributed by atoms with Gasteiger partial charge in [0.2, 0.25) is 5.91 Å². The van der Waals surface area contributed by atoms with Crippen LogP contribution in [-0.2, 0) is 9.59 Å². The average Bonchev–Trinajstić information content (AvgIpc) is 3.12. The normalized spacial score (nSPS) is 20.7. The first-order valence-corrected chi connectivity index (χ1v) is 12.1. The number of hydrogen-bond acceptors (Lipinski definition) is 4. The number of benzene rings is 2. The second kappa shape index (κ2) is 11.5. The summed E-state index contributed by atoms with van der Waals surface area (Å²) < 4.78 is 5.75. The lowest BCUT2D eigenvalue weighted by Gasteiger charge is -2.26. The van der Waals surface area contributed by atoms with Gasteiger partial charge in [0.15, 0.2) is 0 Å². The second-order valence-electron chi connectivity index (χ2n) is 9.28. The maximum Gasteiger partial charge on any atom is 0.311 e. The van der Waals surface area contributed by atoms with E-state index >= 15 is 0 Å². The molecule has 1 aliphatic heterocycles. The fraction of sp³-hybridized carbons (Fsp3) is 0.556. The van der Waals surface area contributed by atoms with Gasteiger partial charge in [-0.25, -0.2) is 0 Å². The largest absolute Gasteiger partial charge is 0.426 e. The van der Waals surface area contributed by atoms with Crippen molar-refractivity contribution in [3.05, 3.63) is 42.0 Å². The van der Waals surface area contributed by atoms with Gasteiger partial charge in [0.1, 0.15) is 5.75 Å². The highest BCUT2D eigenvalue weighted by Gasteiger charge is 2.44. The van der Waals surface area contributed by atoms with E-state index in [2.05, 4.69) is 12.2 Å². The number of carbonyl (C=O) groups excluding carboxylic acids is 2. The van der Waals surface area contributed by atoms with Crippen molar-refractivity contribution >= 4 is 22.6 Å². The van der Waals surface area contributed by atoms with Crippen LogP contribution in [0.5, 0.6) is 5.75 Å². The van der Waals surface area contributed by atoms with Gasteiger partial charge < -0.3 is 15.2 Å². The lowest BCUT2D eigenvalue weighted by Crippen LogP contribution is -2.31. The molecule has 2 aromatic carbocycles. The molecular formula is C27H37NO4. The molecule has 1 fully saturated rings. The molecule has 3 atom stereocenters. The Bertz CT molecular complexity index is 923. The Morgan fingerprint density at radius 2 is 1.72 bits per heavy atom. The van der Waals surface area contributed by atoms with Gasteiger partial charge in [0.05, 0.1) is 12.6 Å². The molecule has 2 aromatic rings. The molecule has 0 spiro atoms. The van der Waals surface area contributed by atoms with Crippen LogP contribution in [0.1, 0.15) is 77.2 Å². The Kier molecular flexibility index (Phi) is 8.68. The highest BCUT2D eigenvalue weighted by Crippen LogP contribution is 2.42. The number of rotatable bonds is 11. The zero-order valence-corrected chi connectivity index (χ0v) is 19.6. The first kappa shape index (κ1) is 24.2. The predicted octanol–water partition coefficient (Wildman–Crippen LogP) is 5.34. The van der Waals surface area contributed by atoms with Crippen LogP contribution in [-0.4, -0.2) is 29.6 Å². The smallest absolute Gasteiger partial charge is 0.311 e. The molecule has 0 aliphatic carbocycles. The van der Waals surface area contributed by atoms with Gasteiger partial charge in [-0.3, -0.25) is 9.59 Å². The van der Waals surface area contributed by atoms with E-state index in [1.54, 1.807) is 0 Å². The number of fused-ring (bicyclic) bond motifs is 1. The third kappa shape index (κ3) is 5.50. The maximum absolute atomic E-state index is 12.6. The molecule has 2 N–H and O–H groups in total. The summed E-state index contributed by atoms with van der Waals surface area (Å²) in [5.74, 6) is 0.137. The van der Waals surface area contributed by atoms with Gasteiger partial charge >= 0.3 is 5.97 Å². The van der Waals surface area contributed by atoms with Crippen LogP contribution in [0.25, 0.3) is 10.8 Å². The van der Waals surface area contributed by atoms with Gasteiger partial charge in [0, 0.05) is 23.6 Å². The van der Waals surface area contributed by atoms with Gasteiger partial charge in [-0.2, -0.15) is 0 Å². The molecule has 5 nitrogen and oxygen atoms in total. The van der Waals surface area contributed by atoms with Crippen molar-refractivity contribution in [3.8, 4) is 5.75 Å². The molecule has 1 heterocycles. The van der Waals surface area contributed by atoms with Crippen molar-refractivity contribution in [2.45, 2.75) is 77.7 Å². The van der Waals surface area contributed by atoms with Crippen LogP contribution >= 0.6 is 0 Å². The number of amides is 1. The molecule has 5 heteroatoms. The van der Waals surface area contributed by atoms with E-state index in [0.29, 0.717) is 12.2 Å². The fourth-order valence-electron chi connectivity index (χ4n) is 4.97. The summed E-state index contributed by atoms with van der Waals surface area (Å²) in [6.07, 6.45) is 7.18. The fourth-order valence-corrected chi connectivity index (χ4v) is 4.97. The number of aliphatic hydroxyl groups excluding tert-OH is 1. The van der Waals surface area contributed by atoms with Crippen LogP contribution in [0, 0.1) is 11.8 Å². The first-order chi connectivity index (χ1) is 15.5. The van der Waals surface area contributed by atoms with Crippen molar-refractivity contribution in [2.24, 2.45) is 11.8 Å². The standard InChI is InChI=1S/C27H37NO4/c1-4-5-6-7-8-9-14-24(30)32-23-16-15-21(19-12-10-11-13-20(19)23)26-22(17-29)28-27(31)25(26)18(2)3/h10-13,15-16,18,22,25-26,29H,4-9,14,17H2,1-3H3,(H,28,31)/t22-,25-,26-/m1/s1. The Hall–Kier alpha value is -2.40. The number of nitrogens with one attached hydrogen (secondary N) is 1. The van der Waals surface area contributed by atoms with Gasteiger partial charge in [0.25, 0.3) is 0 Å². The van der Waals surface area contributed by atoms with Crippen LogP contribution in [0.15, 0.2) is 36.4 Å². The zero-order chi connectivity index (χ0) is 23.1. The number of hydrogen-bond donors (Lipinski definition) is 2. The monoisotopic (exact) mass is 439 g/mol. The number of aliphatic hydroxyl groups is 1. The van der Waals surface area contributed by atoms with Crippen molar-refractivity contribution in [1.82, 2.24) is 5.32 Å². The quantitative estimate of drug-likeness (QED) is 0.281. The topological polar surface area (TPSA) is 75.6 Å². The third-order valence-electron chi connectivity index (χ3n) is 6.60. The highest BCUT2D eigenvalue weighted by molar-refractivity contribution is 5.94. The van der Waals surface area contributed by atoms with Crippen LogP contribution in [0.4, 0.5) is 0 Å². The Morgan fingerprint density at radius 1 is 1.03 bits per heavy atom. The minimum absolute atomic E-state index is 0.0115. The average molecular weight is 440 g/mol. The molecule has 0 unspecified atom stereocenters. The molecule has 0 radical (unpaired) electrons. The SMILES string of the molecule is CCCCCCCCC(=O)Oc1ccc([C@H]2[C@@H](C(C)C)C(=O)N[C@@H]2CO)c2ccccc12. The van der Waals surface area contributed by atoms with E-state index in [1.165, 1.54) is 19.3 Å². The maximum atomic E-state index is 12.6. The van der Waals surface area contributed by atoms with Gasteiger partial charge in [-0.05, 0) is 29.4 Å². The van der Waals surface area contributed by atoms with Crippen LogP contribution in [0.3, 0.4) is 0 Å². The summed E-state index contributed by atoms with van der Waals surface area (Å²) in [6.45, 7) is 6.17. The number of unbranched alkanes of at least 4 members (excludes halogenated alkanes) is 5. The van der Waals surface area contributed by atoms with Gasteiger partial charge in [-0.1, -0.05) is 83.2 Å². The van der Waals surface area contributed by atoms with E-state index in [4.69, 9.17) is 4.74 Å². The summed E-state index contributed by atoms with van der Waals surface area (Å²) in [4.78, 5) is 25.1. The van der Waals surface area contributed by atoms with Gasteiger partial charge in [-0.15, -0.1) is 0 Å². The van der Waals surface area contributed by atoms with Crippen LogP contribution < -0.4 is 10.1 Å². The predicted molar refractivity (Wildman–Crippen MR) is 128 cm³/mol. The second-order valence-corrected chi connectivity index (χ2v) is 9.28. The molecule has 1 saturated heterocycles. The molecule has 0 bridgehead atoms. The highest BCUT2D eigenvalue weighted by atomic mass is 16.5. The first-order valence-electron chi connectivity index (χ1n) is 12.1. The Morgan fingerprint density at radius 3 is 2.41 bits per heavy atom. The third-order valence-corrected chi connectivity index (χ3v) is 6.60. The minimum Gasteiger partial charge on any atom is -0.426 e. The molecule has 3 rings (SSSR count). The molecule has 32 heavy (non-hydrogen) atoms. The molecule has 0 saturated carbocycles. The summed E-state index contributed by atoms with van der Waals surface area (Å²) in [5.41, 5.74) is 1.01. The van der Waals surface area contributed by atoms with Crippen LogP contribution in [0.2, 0.25) is 0 Å². The van der Waals surface area contributed by atoms with Crippen molar-refractivity contribution in [2.75, 3.05) is 6.61 Å². The van der Waals surface area contributed by atoms with E-state index in [0.717, 1.165) is 35.6 Å². The van der Waals surface area contributed by atoms with E-state index in [-0.39, 0.29) is 42.3 Å². The Labute approximate surface area is 191 Å². The lowest BCUT2D eigenvalue weighted by molar-refractivity contribution is -0.134. The van der Waals surface area contributed by atoms with E-state index < -0.39 is 0 Å². The zero-order valence-electron chi connectivity index (χ0n) is 19.6. The molecular weight excluding hydrogens is 402 g/mol. The van der Waals surface area contributed by atoms with Crippen molar-refractivity contribution in [1.29, 1.82) is 0 Å². The van der Waals surface area contributed by atoms with Crippen molar-refractivity contribution in [3.63, 3.8) is 0 Å².